The molecule has 0 aromatic heterocycles. The van der Waals surface area contributed by atoms with Crippen LogP contribution < -0.4 is 19.5 Å². The third-order valence-corrected chi connectivity index (χ3v) is 5.85. The lowest BCUT2D eigenvalue weighted by atomic mass is 9.68. The summed E-state index contributed by atoms with van der Waals surface area (Å²) in [6.07, 6.45) is 1.39. The summed E-state index contributed by atoms with van der Waals surface area (Å²) < 4.78 is 17.0. The fourth-order valence-corrected chi connectivity index (χ4v) is 4.70. The summed E-state index contributed by atoms with van der Waals surface area (Å²) >= 11 is 0. The molecule has 5 nitrogen and oxygen atoms in total. The molecule has 0 amide bonds. The Morgan fingerprint density at radius 1 is 1.14 bits per heavy atom. The number of ketones is 1. The number of rotatable bonds is 3. The molecule has 150 valence electrons. The van der Waals surface area contributed by atoms with E-state index in [9.17, 15) is 4.79 Å². The Labute approximate surface area is 170 Å². The molecule has 2 aliphatic heterocycles. The molecule has 3 aliphatic rings. The largest absolute Gasteiger partial charge is 0.494 e. The molecule has 0 saturated carbocycles. The van der Waals surface area contributed by atoms with E-state index in [4.69, 9.17) is 14.2 Å². The molecule has 5 rings (SSSR count). The predicted molar refractivity (Wildman–Crippen MR) is 111 cm³/mol. The Morgan fingerprint density at radius 3 is 2.72 bits per heavy atom. The van der Waals surface area contributed by atoms with Gasteiger partial charge in [0.25, 0.3) is 0 Å². The predicted octanol–water partition coefficient (Wildman–Crippen LogP) is 5.01. The van der Waals surface area contributed by atoms with Crippen LogP contribution in [0.2, 0.25) is 0 Å². The van der Waals surface area contributed by atoms with Crippen LogP contribution in [-0.4, -0.2) is 19.2 Å². The molecule has 2 aromatic carbocycles. The van der Waals surface area contributed by atoms with E-state index in [1.807, 2.05) is 37.3 Å². The number of carbonyl (C=O) groups is 1. The van der Waals surface area contributed by atoms with Crippen LogP contribution >= 0.6 is 0 Å². The van der Waals surface area contributed by atoms with Crippen LogP contribution in [0, 0.1) is 5.41 Å². The molecule has 0 saturated heterocycles. The zero-order valence-corrected chi connectivity index (χ0v) is 17.0. The number of benzene rings is 2. The second kappa shape index (κ2) is 6.55. The zero-order chi connectivity index (χ0) is 20.2. The minimum atomic E-state index is -0.153. The average molecular weight is 391 g/mol. The van der Waals surface area contributed by atoms with Gasteiger partial charge < -0.3 is 19.5 Å². The topological polar surface area (TPSA) is 56.8 Å². The second-order valence-electron chi connectivity index (χ2n) is 8.69. The van der Waals surface area contributed by atoms with Crippen molar-refractivity contribution in [1.82, 2.24) is 0 Å². The third kappa shape index (κ3) is 3.05. The van der Waals surface area contributed by atoms with E-state index in [1.165, 1.54) is 0 Å². The highest BCUT2D eigenvalue weighted by Gasteiger charge is 2.41. The van der Waals surface area contributed by atoms with E-state index < -0.39 is 0 Å². The lowest BCUT2D eigenvalue weighted by molar-refractivity contribution is -0.118. The molecule has 0 spiro atoms. The summed E-state index contributed by atoms with van der Waals surface area (Å²) in [5, 5.41) is 3.55. The summed E-state index contributed by atoms with van der Waals surface area (Å²) in [6.45, 7) is 7.10. The van der Waals surface area contributed by atoms with Crippen molar-refractivity contribution in [3.8, 4) is 17.2 Å². The lowest BCUT2D eigenvalue weighted by Crippen LogP contribution is -2.33. The highest BCUT2D eigenvalue weighted by Crippen LogP contribution is 2.52. The molecule has 1 N–H and O–H groups in total. The van der Waals surface area contributed by atoms with Crippen molar-refractivity contribution in [3.05, 3.63) is 58.8 Å². The SMILES string of the molecule is CCOc1cccc([C@@H]2C3=C(CC(C)(C)CC3=O)Nc3cc4c(cc32)OCO4)c1. The van der Waals surface area contributed by atoms with Crippen LogP contribution in [0.25, 0.3) is 0 Å². The Bertz CT molecular complexity index is 1040. The number of hydrogen-bond acceptors (Lipinski definition) is 5. The maximum atomic E-state index is 13.3. The van der Waals surface area contributed by atoms with Crippen LogP contribution in [0.3, 0.4) is 0 Å². The molecule has 0 radical (unpaired) electrons. The summed E-state index contributed by atoms with van der Waals surface area (Å²) in [5.41, 5.74) is 4.89. The zero-order valence-electron chi connectivity index (χ0n) is 17.0. The van der Waals surface area contributed by atoms with E-state index in [2.05, 4.69) is 25.2 Å². The first-order chi connectivity index (χ1) is 13.9. The minimum Gasteiger partial charge on any atom is -0.494 e. The molecule has 5 heteroatoms. The van der Waals surface area contributed by atoms with Crippen molar-refractivity contribution < 1.29 is 19.0 Å². The molecule has 0 bridgehead atoms. The molecule has 2 heterocycles. The molecular formula is C24H25NO4. The number of allylic oxidation sites excluding steroid dienone is 2. The Balaban J connectivity index is 1.70. The van der Waals surface area contributed by atoms with Crippen molar-refractivity contribution in [2.45, 2.75) is 39.5 Å². The number of anilines is 1. The van der Waals surface area contributed by atoms with Gasteiger partial charge in [-0.3, -0.25) is 4.79 Å². The van der Waals surface area contributed by atoms with Gasteiger partial charge in [-0.15, -0.1) is 0 Å². The van der Waals surface area contributed by atoms with Gasteiger partial charge in [0.05, 0.1) is 6.61 Å². The maximum Gasteiger partial charge on any atom is 0.231 e. The van der Waals surface area contributed by atoms with Crippen LogP contribution in [0.1, 0.15) is 50.7 Å². The quantitative estimate of drug-likeness (QED) is 0.797. The first-order valence-electron chi connectivity index (χ1n) is 10.1. The van der Waals surface area contributed by atoms with Crippen LogP contribution in [-0.2, 0) is 4.79 Å². The summed E-state index contributed by atoms with van der Waals surface area (Å²) in [6, 6.07) is 12.1. The first-order valence-corrected chi connectivity index (χ1v) is 10.1. The molecule has 2 aromatic rings. The van der Waals surface area contributed by atoms with Gasteiger partial charge in [0, 0.05) is 35.4 Å². The van der Waals surface area contributed by atoms with Crippen molar-refractivity contribution in [2.75, 3.05) is 18.7 Å². The number of nitrogens with one attached hydrogen (secondary N) is 1. The number of Topliss-reactive ketones (excluding diaryl/α,β-unsaturated/α-hetero) is 1. The van der Waals surface area contributed by atoms with Crippen LogP contribution in [0.15, 0.2) is 47.7 Å². The molecule has 1 aliphatic carbocycles. The minimum absolute atomic E-state index is 0.0610. The van der Waals surface area contributed by atoms with E-state index in [-0.39, 0.29) is 23.9 Å². The molecule has 1 atom stereocenters. The summed E-state index contributed by atoms with van der Waals surface area (Å²) in [4.78, 5) is 13.3. The standard InChI is InChI=1S/C24H25NO4/c1-4-27-15-7-5-6-14(8-15)22-16-9-20-21(29-13-28-20)10-17(16)25-18-11-24(2,3)12-19(26)23(18)22/h5-10,22,25H,4,11-13H2,1-3H3/t22-/m0/s1. The monoisotopic (exact) mass is 391 g/mol. The van der Waals surface area contributed by atoms with E-state index in [0.29, 0.717) is 13.0 Å². The van der Waals surface area contributed by atoms with Crippen molar-refractivity contribution in [1.29, 1.82) is 0 Å². The molecule has 0 unspecified atom stereocenters. The normalized spacial score (nSPS) is 21.3. The summed E-state index contributed by atoms with van der Waals surface area (Å²) in [7, 11) is 0. The van der Waals surface area contributed by atoms with Crippen molar-refractivity contribution in [3.63, 3.8) is 0 Å². The first kappa shape index (κ1) is 18.1. The third-order valence-electron chi connectivity index (χ3n) is 5.85. The number of ether oxygens (including phenoxy) is 3. The van der Waals surface area contributed by atoms with Crippen LogP contribution in [0.5, 0.6) is 17.2 Å². The van der Waals surface area contributed by atoms with Crippen LogP contribution in [0.4, 0.5) is 5.69 Å². The highest BCUT2D eigenvalue weighted by molar-refractivity contribution is 6.01. The van der Waals surface area contributed by atoms with Gasteiger partial charge in [-0.05, 0) is 48.1 Å². The fourth-order valence-electron chi connectivity index (χ4n) is 4.70. The van der Waals surface area contributed by atoms with Crippen molar-refractivity contribution >= 4 is 11.5 Å². The highest BCUT2D eigenvalue weighted by atomic mass is 16.7. The van der Waals surface area contributed by atoms with Gasteiger partial charge in [-0.25, -0.2) is 0 Å². The molecular weight excluding hydrogens is 366 g/mol. The Hall–Kier alpha value is -2.95. The van der Waals surface area contributed by atoms with E-state index in [1.54, 1.807) is 0 Å². The smallest absolute Gasteiger partial charge is 0.231 e. The second-order valence-corrected chi connectivity index (χ2v) is 8.69. The van der Waals surface area contributed by atoms with Gasteiger partial charge in [-0.1, -0.05) is 26.0 Å². The molecule has 0 fully saturated rings. The Morgan fingerprint density at radius 2 is 1.93 bits per heavy atom. The fraction of sp³-hybridized carbons (Fsp3) is 0.375. The number of hydrogen-bond donors (Lipinski definition) is 1. The van der Waals surface area contributed by atoms with E-state index >= 15 is 0 Å². The van der Waals surface area contributed by atoms with Crippen molar-refractivity contribution in [2.24, 2.45) is 5.41 Å². The van der Waals surface area contributed by atoms with Gasteiger partial charge in [0.1, 0.15) is 5.75 Å². The van der Waals surface area contributed by atoms with Gasteiger partial charge in [0.15, 0.2) is 17.3 Å². The lowest BCUT2D eigenvalue weighted by Gasteiger charge is -2.39. The Kier molecular flexibility index (Phi) is 4.09. The summed E-state index contributed by atoms with van der Waals surface area (Å²) in [5.74, 6) is 2.34. The van der Waals surface area contributed by atoms with Gasteiger partial charge in [-0.2, -0.15) is 0 Å². The maximum absolute atomic E-state index is 13.3. The average Bonchev–Trinajstić information content (AvgIpc) is 3.11. The molecule has 29 heavy (non-hydrogen) atoms. The number of fused-ring (bicyclic) bond motifs is 2. The number of carbonyl (C=O) groups excluding carboxylic acids is 1. The van der Waals surface area contributed by atoms with Gasteiger partial charge in [0.2, 0.25) is 6.79 Å². The van der Waals surface area contributed by atoms with Gasteiger partial charge >= 0.3 is 0 Å². The van der Waals surface area contributed by atoms with E-state index in [0.717, 1.165) is 51.8 Å².